The Hall–Kier alpha value is -1.06. The van der Waals surface area contributed by atoms with Crippen LogP contribution in [0, 0.1) is 11.8 Å². The van der Waals surface area contributed by atoms with Gasteiger partial charge in [-0.05, 0) is 38.5 Å². The van der Waals surface area contributed by atoms with Gasteiger partial charge in [0.15, 0.2) is 0 Å². The Morgan fingerprint density at radius 2 is 1.17 bits per heavy atom. The van der Waals surface area contributed by atoms with Gasteiger partial charge in [-0.1, -0.05) is 13.8 Å². The van der Waals surface area contributed by atoms with Gasteiger partial charge in [0.25, 0.3) is 0 Å². The summed E-state index contributed by atoms with van der Waals surface area (Å²) in [5, 5.41) is 0. The van der Waals surface area contributed by atoms with Crippen molar-refractivity contribution in [2.75, 3.05) is 13.2 Å². The predicted octanol–water partition coefficient (Wildman–Crippen LogP) is 2.70. The molecule has 0 N–H and O–H groups in total. The van der Waals surface area contributed by atoms with Crippen molar-refractivity contribution < 1.29 is 19.1 Å². The van der Waals surface area contributed by atoms with Gasteiger partial charge in [0.05, 0.1) is 25.0 Å². The molecule has 0 heterocycles. The van der Waals surface area contributed by atoms with E-state index in [9.17, 15) is 9.59 Å². The molecule has 4 heteroatoms. The summed E-state index contributed by atoms with van der Waals surface area (Å²) >= 11 is 0. The first-order valence-electron chi connectivity index (χ1n) is 7.02. The zero-order chi connectivity index (χ0) is 13.4. The maximum absolute atomic E-state index is 11.7. The van der Waals surface area contributed by atoms with Crippen LogP contribution in [0.4, 0.5) is 0 Å². The van der Waals surface area contributed by atoms with Gasteiger partial charge in [-0.3, -0.25) is 9.59 Å². The minimum atomic E-state index is -0.0998. The smallest absolute Gasteiger partial charge is 0.308 e. The number of rotatable bonds is 6. The van der Waals surface area contributed by atoms with Crippen molar-refractivity contribution >= 4 is 11.9 Å². The minimum absolute atomic E-state index is 0.0215. The molecule has 0 saturated heterocycles. The molecule has 0 aliphatic heterocycles. The number of carbonyl (C=O) groups excluding carboxylic acids is 2. The van der Waals surface area contributed by atoms with Crippen molar-refractivity contribution in [3.63, 3.8) is 0 Å². The fourth-order valence-corrected chi connectivity index (χ4v) is 2.21. The summed E-state index contributed by atoms with van der Waals surface area (Å²) in [5.74, 6) is -0.243. The monoisotopic (exact) mass is 256 g/mol. The quantitative estimate of drug-likeness (QED) is 0.686. The number of esters is 2. The molecule has 4 nitrogen and oxygen atoms in total. The average molecular weight is 256 g/mol. The summed E-state index contributed by atoms with van der Waals surface area (Å²) < 4.78 is 10.3. The van der Waals surface area contributed by atoms with Gasteiger partial charge in [-0.25, -0.2) is 0 Å². The highest BCUT2D eigenvalue weighted by molar-refractivity contribution is 5.75. The van der Waals surface area contributed by atoms with E-state index in [2.05, 4.69) is 0 Å². The minimum Gasteiger partial charge on any atom is -0.465 e. The standard InChI is InChI=1S/C14H24O4/c1-3-9-17-13(15)11-5-7-12(8-6-11)14(16)18-10-4-2/h11-12H,3-10H2,1-2H3. The average Bonchev–Trinajstić information content (AvgIpc) is 2.42. The first-order valence-corrected chi connectivity index (χ1v) is 7.02. The van der Waals surface area contributed by atoms with Gasteiger partial charge in [-0.15, -0.1) is 0 Å². The van der Waals surface area contributed by atoms with Crippen LogP contribution in [-0.4, -0.2) is 25.2 Å². The normalized spacial score (nSPS) is 23.4. The summed E-state index contributed by atoms with van der Waals surface area (Å²) in [5.41, 5.74) is 0. The van der Waals surface area contributed by atoms with Crippen LogP contribution in [0.5, 0.6) is 0 Å². The molecule has 0 atom stereocenters. The lowest BCUT2D eigenvalue weighted by atomic mass is 9.82. The van der Waals surface area contributed by atoms with E-state index in [1.165, 1.54) is 0 Å². The molecule has 0 aromatic carbocycles. The molecule has 1 saturated carbocycles. The van der Waals surface area contributed by atoms with Crippen LogP contribution in [0.3, 0.4) is 0 Å². The van der Waals surface area contributed by atoms with Gasteiger partial charge in [0, 0.05) is 0 Å². The fraction of sp³-hybridized carbons (Fsp3) is 0.857. The molecule has 1 aliphatic rings. The molecule has 1 aliphatic carbocycles. The van der Waals surface area contributed by atoms with Gasteiger partial charge < -0.3 is 9.47 Å². The van der Waals surface area contributed by atoms with Crippen molar-refractivity contribution in [1.29, 1.82) is 0 Å². The lowest BCUT2D eigenvalue weighted by Crippen LogP contribution is -2.28. The Morgan fingerprint density at radius 3 is 1.44 bits per heavy atom. The van der Waals surface area contributed by atoms with Gasteiger partial charge in [0.1, 0.15) is 0 Å². The van der Waals surface area contributed by atoms with E-state index >= 15 is 0 Å². The van der Waals surface area contributed by atoms with E-state index < -0.39 is 0 Å². The molecule has 0 aromatic rings. The van der Waals surface area contributed by atoms with E-state index in [1.807, 2.05) is 13.8 Å². The van der Waals surface area contributed by atoms with Crippen LogP contribution in [0.25, 0.3) is 0 Å². The molecule has 0 spiro atoms. The van der Waals surface area contributed by atoms with Crippen LogP contribution in [-0.2, 0) is 19.1 Å². The second-order valence-corrected chi connectivity index (χ2v) is 4.88. The van der Waals surface area contributed by atoms with Crippen molar-refractivity contribution in [2.24, 2.45) is 11.8 Å². The molecule has 104 valence electrons. The summed E-state index contributed by atoms with van der Waals surface area (Å²) in [6, 6.07) is 0. The maximum atomic E-state index is 11.7. The van der Waals surface area contributed by atoms with Gasteiger partial charge >= 0.3 is 11.9 Å². The zero-order valence-corrected chi connectivity index (χ0v) is 11.4. The SMILES string of the molecule is CCCOC(=O)C1CCC(C(=O)OCCC)CC1. The highest BCUT2D eigenvalue weighted by atomic mass is 16.5. The highest BCUT2D eigenvalue weighted by Crippen LogP contribution is 2.30. The third-order valence-corrected chi connectivity index (χ3v) is 3.29. The Bertz CT molecular complexity index is 239. The molecule has 0 bridgehead atoms. The summed E-state index contributed by atoms with van der Waals surface area (Å²) in [6.45, 7) is 4.95. The summed E-state index contributed by atoms with van der Waals surface area (Å²) in [4.78, 5) is 23.3. The Balaban J connectivity index is 2.27. The number of hydrogen-bond acceptors (Lipinski definition) is 4. The van der Waals surface area contributed by atoms with Crippen LogP contribution in [0.1, 0.15) is 52.4 Å². The maximum Gasteiger partial charge on any atom is 0.308 e. The predicted molar refractivity (Wildman–Crippen MR) is 67.9 cm³/mol. The van der Waals surface area contributed by atoms with Gasteiger partial charge in [-0.2, -0.15) is 0 Å². The largest absolute Gasteiger partial charge is 0.465 e. The van der Waals surface area contributed by atoms with Crippen molar-refractivity contribution in [1.82, 2.24) is 0 Å². The summed E-state index contributed by atoms with van der Waals surface area (Å²) in [7, 11) is 0. The lowest BCUT2D eigenvalue weighted by molar-refractivity contribution is -0.155. The molecule has 0 aromatic heterocycles. The molecular weight excluding hydrogens is 232 g/mol. The van der Waals surface area contributed by atoms with E-state index in [4.69, 9.17) is 9.47 Å². The van der Waals surface area contributed by atoms with E-state index in [1.54, 1.807) is 0 Å². The Kier molecular flexibility index (Phi) is 6.76. The van der Waals surface area contributed by atoms with Crippen LogP contribution in [0.2, 0.25) is 0 Å². The molecule has 0 amide bonds. The van der Waals surface area contributed by atoms with E-state index in [-0.39, 0.29) is 23.8 Å². The second kappa shape index (κ2) is 8.11. The second-order valence-electron chi connectivity index (χ2n) is 4.88. The lowest BCUT2D eigenvalue weighted by Gasteiger charge is -2.25. The Morgan fingerprint density at radius 1 is 0.833 bits per heavy atom. The van der Waals surface area contributed by atoms with Gasteiger partial charge in [0.2, 0.25) is 0 Å². The Labute approximate surface area is 109 Å². The molecule has 1 rings (SSSR count). The van der Waals surface area contributed by atoms with E-state index in [0.717, 1.165) is 38.5 Å². The van der Waals surface area contributed by atoms with Crippen LogP contribution >= 0.6 is 0 Å². The molecular formula is C14H24O4. The topological polar surface area (TPSA) is 52.6 Å². The molecule has 1 fully saturated rings. The third-order valence-electron chi connectivity index (χ3n) is 3.29. The fourth-order valence-electron chi connectivity index (χ4n) is 2.21. The molecule has 0 unspecified atom stereocenters. The molecule has 0 radical (unpaired) electrons. The number of carbonyl (C=O) groups is 2. The zero-order valence-electron chi connectivity index (χ0n) is 11.4. The van der Waals surface area contributed by atoms with Crippen molar-refractivity contribution in [2.45, 2.75) is 52.4 Å². The van der Waals surface area contributed by atoms with Crippen LogP contribution < -0.4 is 0 Å². The highest BCUT2D eigenvalue weighted by Gasteiger charge is 2.31. The molecule has 18 heavy (non-hydrogen) atoms. The summed E-state index contributed by atoms with van der Waals surface area (Å²) in [6.07, 6.45) is 4.68. The van der Waals surface area contributed by atoms with Crippen molar-refractivity contribution in [3.8, 4) is 0 Å². The number of ether oxygens (including phenoxy) is 2. The van der Waals surface area contributed by atoms with E-state index in [0.29, 0.717) is 13.2 Å². The van der Waals surface area contributed by atoms with Crippen LogP contribution in [0.15, 0.2) is 0 Å². The third kappa shape index (κ3) is 4.67. The van der Waals surface area contributed by atoms with Crippen molar-refractivity contribution in [3.05, 3.63) is 0 Å². The first-order chi connectivity index (χ1) is 8.69. The number of hydrogen-bond donors (Lipinski definition) is 0. The first kappa shape index (κ1) is 15.0.